The van der Waals surface area contributed by atoms with Gasteiger partial charge in [-0.2, -0.15) is 0 Å². The van der Waals surface area contributed by atoms with E-state index in [1.54, 1.807) is 0 Å². The first-order chi connectivity index (χ1) is 13.8. The van der Waals surface area contributed by atoms with Crippen LogP contribution in [-0.4, -0.2) is 18.1 Å². The Morgan fingerprint density at radius 2 is 1.04 bits per heavy atom. The second-order valence-corrected chi connectivity index (χ2v) is 13.4. The SMILES string of the molecule is O=CCP(c1ccccc1)(c1ccccc1)(c1ccccc1)C1CCCCC1. The van der Waals surface area contributed by atoms with Gasteiger partial charge in [0.15, 0.2) is 0 Å². The molecule has 28 heavy (non-hydrogen) atoms. The van der Waals surface area contributed by atoms with Gasteiger partial charge in [-0.25, -0.2) is 0 Å². The van der Waals surface area contributed by atoms with E-state index in [0.717, 1.165) is 0 Å². The first-order valence-electron chi connectivity index (χ1n) is 10.4. The van der Waals surface area contributed by atoms with Crippen LogP contribution in [0.3, 0.4) is 0 Å². The van der Waals surface area contributed by atoms with E-state index in [9.17, 15) is 4.79 Å². The van der Waals surface area contributed by atoms with E-state index in [2.05, 4.69) is 91.0 Å². The van der Waals surface area contributed by atoms with E-state index < -0.39 is 6.60 Å². The van der Waals surface area contributed by atoms with Gasteiger partial charge in [-0.1, -0.05) is 0 Å². The number of aldehydes is 1. The summed E-state index contributed by atoms with van der Waals surface area (Å²) in [4.78, 5) is 12.4. The summed E-state index contributed by atoms with van der Waals surface area (Å²) in [6.07, 6.45) is 8.02. The molecular formula is C26H29OP. The van der Waals surface area contributed by atoms with Crippen molar-refractivity contribution in [2.75, 3.05) is 6.16 Å². The number of rotatable bonds is 6. The number of carbonyl (C=O) groups excluding carboxylic acids is 1. The van der Waals surface area contributed by atoms with Gasteiger partial charge in [-0.15, -0.1) is 0 Å². The minimum atomic E-state index is -2.96. The molecule has 0 bridgehead atoms. The molecular weight excluding hydrogens is 359 g/mol. The molecule has 0 aromatic heterocycles. The van der Waals surface area contributed by atoms with E-state index in [1.165, 1.54) is 54.3 Å². The third-order valence-corrected chi connectivity index (χ3v) is 14.3. The molecule has 3 aromatic carbocycles. The Hall–Kier alpha value is -2.24. The van der Waals surface area contributed by atoms with Crippen molar-refractivity contribution in [3.63, 3.8) is 0 Å². The molecule has 0 saturated heterocycles. The van der Waals surface area contributed by atoms with Gasteiger partial charge in [-0.3, -0.25) is 0 Å². The Labute approximate surface area is 168 Å². The van der Waals surface area contributed by atoms with Crippen molar-refractivity contribution in [1.82, 2.24) is 0 Å². The van der Waals surface area contributed by atoms with Crippen molar-refractivity contribution < 1.29 is 4.79 Å². The molecule has 0 unspecified atom stereocenters. The summed E-state index contributed by atoms with van der Waals surface area (Å²) in [6.45, 7) is -2.96. The Morgan fingerprint density at radius 3 is 1.39 bits per heavy atom. The summed E-state index contributed by atoms with van der Waals surface area (Å²) < 4.78 is 0. The second-order valence-electron chi connectivity index (χ2n) is 8.03. The van der Waals surface area contributed by atoms with Crippen molar-refractivity contribution >= 4 is 28.8 Å². The standard InChI is InChI=1S/C26H29OP/c27-21-22-28(23-13-5-1-6-14-23,24-15-7-2-8-16-24,25-17-9-3-10-18-25)26-19-11-4-12-20-26/h1-3,5-10,13-18,21,26H,4,11-12,19-20,22H2. The molecule has 3 aromatic rings. The fraction of sp³-hybridized carbons (Fsp3) is 0.269. The normalized spacial score (nSPS) is 16.8. The molecule has 1 fully saturated rings. The van der Waals surface area contributed by atoms with E-state index >= 15 is 0 Å². The van der Waals surface area contributed by atoms with E-state index in [0.29, 0.717) is 11.8 Å². The molecule has 1 aliphatic carbocycles. The molecule has 4 rings (SSSR count). The van der Waals surface area contributed by atoms with Crippen LogP contribution in [0.15, 0.2) is 91.0 Å². The van der Waals surface area contributed by atoms with Crippen molar-refractivity contribution in [3.05, 3.63) is 91.0 Å². The molecule has 0 heterocycles. The zero-order valence-electron chi connectivity index (χ0n) is 16.4. The van der Waals surface area contributed by atoms with Gasteiger partial charge < -0.3 is 0 Å². The molecule has 0 spiro atoms. The molecule has 1 nitrogen and oxygen atoms in total. The molecule has 2 heteroatoms. The molecule has 0 N–H and O–H groups in total. The van der Waals surface area contributed by atoms with E-state index in [4.69, 9.17) is 0 Å². The van der Waals surface area contributed by atoms with Gasteiger partial charge in [0, 0.05) is 0 Å². The van der Waals surface area contributed by atoms with Gasteiger partial charge in [0.1, 0.15) is 0 Å². The van der Waals surface area contributed by atoms with Crippen LogP contribution in [0.4, 0.5) is 0 Å². The van der Waals surface area contributed by atoms with Crippen LogP contribution >= 0.6 is 6.60 Å². The van der Waals surface area contributed by atoms with E-state index in [-0.39, 0.29) is 0 Å². The summed E-state index contributed by atoms with van der Waals surface area (Å²) in [7, 11) is 0. The summed E-state index contributed by atoms with van der Waals surface area (Å²) in [5.41, 5.74) is 0.511. The summed E-state index contributed by atoms with van der Waals surface area (Å²) >= 11 is 0. The maximum atomic E-state index is 12.4. The monoisotopic (exact) mass is 388 g/mol. The average molecular weight is 388 g/mol. The van der Waals surface area contributed by atoms with Crippen LogP contribution in [0.25, 0.3) is 0 Å². The molecule has 144 valence electrons. The second kappa shape index (κ2) is 8.02. The van der Waals surface area contributed by atoms with Gasteiger partial charge in [0.25, 0.3) is 0 Å². The molecule has 0 radical (unpaired) electrons. The third kappa shape index (κ3) is 2.76. The molecule has 1 aliphatic rings. The van der Waals surface area contributed by atoms with Crippen molar-refractivity contribution in [1.29, 1.82) is 0 Å². The summed E-state index contributed by atoms with van der Waals surface area (Å²) in [6, 6.07) is 32.9. The first-order valence-corrected chi connectivity index (χ1v) is 12.9. The number of hydrogen-bond acceptors (Lipinski definition) is 1. The van der Waals surface area contributed by atoms with Crippen molar-refractivity contribution in [2.24, 2.45) is 0 Å². The number of benzene rings is 3. The third-order valence-electron chi connectivity index (χ3n) is 6.87. The quantitative estimate of drug-likeness (QED) is 0.427. The molecule has 1 saturated carbocycles. The first kappa shape index (κ1) is 19.1. The fourth-order valence-corrected chi connectivity index (χ4v) is 13.1. The average Bonchev–Trinajstić information content (AvgIpc) is 2.80. The predicted molar refractivity (Wildman–Crippen MR) is 123 cm³/mol. The maximum absolute atomic E-state index is 12.4. The van der Waals surface area contributed by atoms with Crippen LogP contribution in [0.2, 0.25) is 0 Å². The van der Waals surface area contributed by atoms with Crippen molar-refractivity contribution in [2.45, 2.75) is 37.8 Å². The van der Waals surface area contributed by atoms with Crippen molar-refractivity contribution in [3.8, 4) is 0 Å². The Bertz CT molecular complexity index is 800. The van der Waals surface area contributed by atoms with Gasteiger partial charge >= 0.3 is 169 Å². The zero-order chi connectivity index (χ0) is 19.3. The number of carbonyl (C=O) groups is 1. The van der Waals surface area contributed by atoms with Crippen LogP contribution in [0.1, 0.15) is 32.1 Å². The fourth-order valence-electron chi connectivity index (χ4n) is 5.66. The Kier molecular flexibility index (Phi) is 5.47. The topological polar surface area (TPSA) is 17.1 Å². The summed E-state index contributed by atoms with van der Waals surface area (Å²) in [5, 5.41) is 4.10. The van der Waals surface area contributed by atoms with Crippen LogP contribution < -0.4 is 15.9 Å². The number of hydrogen-bond donors (Lipinski definition) is 0. The summed E-state index contributed by atoms with van der Waals surface area (Å²) in [5.74, 6) is 0. The Balaban J connectivity index is 2.18. The van der Waals surface area contributed by atoms with Crippen LogP contribution in [0, 0.1) is 0 Å². The van der Waals surface area contributed by atoms with Gasteiger partial charge in [0.2, 0.25) is 0 Å². The minimum absolute atomic E-state index is 0.511. The van der Waals surface area contributed by atoms with E-state index in [1.807, 2.05) is 0 Å². The molecule has 0 atom stereocenters. The van der Waals surface area contributed by atoms with Crippen LogP contribution in [-0.2, 0) is 4.79 Å². The van der Waals surface area contributed by atoms with Crippen LogP contribution in [0.5, 0.6) is 0 Å². The van der Waals surface area contributed by atoms with Gasteiger partial charge in [-0.05, 0) is 0 Å². The zero-order valence-corrected chi connectivity index (χ0v) is 17.3. The molecule has 0 amide bonds. The Morgan fingerprint density at radius 1 is 0.643 bits per heavy atom. The molecule has 0 aliphatic heterocycles. The van der Waals surface area contributed by atoms with Gasteiger partial charge in [0.05, 0.1) is 0 Å². The predicted octanol–water partition coefficient (Wildman–Crippen LogP) is 5.05.